The second-order valence-electron chi connectivity index (χ2n) is 6.90. The van der Waals surface area contributed by atoms with Gasteiger partial charge < -0.3 is 5.32 Å². The van der Waals surface area contributed by atoms with Gasteiger partial charge in [-0.15, -0.1) is 0 Å². The molecule has 0 saturated heterocycles. The standard InChI is InChI=1S/C21H20ClN3O2/c1-13-19(21(27)25(24(13)2)14-8-4-3-5-9-14)23-20(26)17-12-16(17)15-10-6-7-11-18(15)22/h3-11,16-17H,12H2,1-2H3,(H,23,26). The van der Waals surface area contributed by atoms with Gasteiger partial charge in [0.2, 0.25) is 5.91 Å². The fourth-order valence-electron chi connectivity index (χ4n) is 3.53. The van der Waals surface area contributed by atoms with Crippen molar-refractivity contribution in [3.8, 4) is 5.69 Å². The molecule has 2 aromatic carbocycles. The van der Waals surface area contributed by atoms with E-state index < -0.39 is 0 Å². The highest BCUT2D eigenvalue weighted by Crippen LogP contribution is 2.50. The summed E-state index contributed by atoms with van der Waals surface area (Å²) in [6.07, 6.45) is 0.744. The van der Waals surface area contributed by atoms with E-state index in [9.17, 15) is 9.59 Å². The third kappa shape index (κ3) is 3.08. The lowest BCUT2D eigenvalue weighted by Gasteiger charge is -2.07. The Bertz CT molecular complexity index is 1070. The molecule has 138 valence electrons. The number of hydrogen-bond acceptors (Lipinski definition) is 2. The first kappa shape index (κ1) is 17.6. The molecule has 4 rings (SSSR count). The van der Waals surface area contributed by atoms with Crippen LogP contribution >= 0.6 is 11.6 Å². The fraction of sp³-hybridized carbons (Fsp3) is 0.238. The Hall–Kier alpha value is -2.79. The summed E-state index contributed by atoms with van der Waals surface area (Å²) in [5, 5.41) is 3.54. The van der Waals surface area contributed by atoms with Crippen LogP contribution in [0.15, 0.2) is 59.4 Å². The summed E-state index contributed by atoms with van der Waals surface area (Å²) in [7, 11) is 1.81. The summed E-state index contributed by atoms with van der Waals surface area (Å²) in [5.41, 5.74) is 2.56. The predicted molar refractivity (Wildman–Crippen MR) is 107 cm³/mol. The smallest absolute Gasteiger partial charge is 0.295 e. The molecule has 3 aromatic rings. The molecule has 1 aliphatic rings. The van der Waals surface area contributed by atoms with Gasteiger partial charge in [-0.1, -0.05) is 48.0 Å². The normalized spacial score (nSPS) is 18.3. The van der Waals surface area contributed by atoms with Gasteiger partial charge >= 0.3 is 0 Å². The van der Waals surface area contributed by atoms with Crippen molar-refractivity contribution in [3.63, 3.8) is 0 Å². The molecule has 1 aliphatic carbocycles. The maximum absolute atomic E-state index is 12.9. The summed E-state index contributed by atoms with van der Waals surface area (Å²) < 4.78 is 3.31. The quantitative estimate of drug-likeness (QED) is 0.745. The summed E-state index contributed by atoms with van der Waals surface area (Å²) in [5.74, 6) is -0.181. The molecule has 1 heterocycles. The van der Waals surface area contributed by atoms with Crippen LogP contribution in [0.3, 0.4) is 0 Å². The number of hydrogen-bond donors (Lipinski definition) is 1. The number of carbonyl (C=O) groups excluding carboxylic acids is 1. The van der Waals surface area contributed by atoms with E-state index >= 15 is 0 Å². The molecule has 1 saturated carbocycles. The highest BCUT2D eigenvalue weighted by molar-refractivity contribution is 6.31. The highest BCUT2D eigenvalue weighted by atomic mass is 35.5. The fourth-order valence-corrected chi connectivity index (χ4v) is 3.81. The van der Waals surface area contributed by atoms with Crippen LogP contribution in [0, 0.1) is 12.8 Å². The van der Waals surface area contributed by atoms with E-state index in [-0.39, 0.29) is 23.3 Å². The first-order chi connectivity index (χ1) is 13.0. The first-order valence-corrected chi connectivity index (χ1v) is 9.26. The molecule has 1 amide bonds. The van der Waals surface area contributed by atoms with Crippen molar-refractivity contribution in [1.82, 2.24) is 9.36 Å². The number of rotatable bonds is 4. The van der Waals surface area contributed by atoms with Crippen molar-refractivity contribution in [2.45, 2.75) is 19.3 Å². The predicted octanol–water partition coefficient (Wildman–Crippen LogP) is 3.88. The summed E-state index contributed by atoms with van der Waals surface area (Å²) >= 11 is 6.24. The number of benzene rings is 2. The zero-order valence-electron chi connectivity index (χ0n) is 15.1. The Labute approximate surface area is 162 Å². The molecule has 1 fully saturated rings. The second-order valence-corrected chi connectivity index (χ2v) is 7.30. The summed E-state index contributed by atoms with van der Waals surface area (Å²) in [6, 6.07) is 17.0. The highest BCUT2D eigenvalue weighted by Gasteiger charge is 2.45. The number of carbonyl (C=O) groups is 1. The van der Waals surface area contributed by atoms with Crippen molar-refractivity contribution in [3.05, 3.63) is 81.2 Å². The summed E-state index contributed by atoms with van der Waals surface area (Å²) in [4.78, 5) is 25.6. The van der Waals surface area contributed by atoms with Crippen LogP contribution in [0.4, 0.5) is 5.69 Å². The molecule has 0 aliphatic heterocycles. The maximum atomic E-state index is 12.9. The molecular weight excluding hydrogens is 362 g/mol. The van der Waals surface area contributed by atoms with Crippen LogP contribution in [0.5, 0.6) is 0 Å². The van der Waals surface area contributed by atoms with Crippen molar-refractivity contribution in [1.29, 1.82) is 0 Å². The number of halogens is 1. The van der Waals surface area contributed by atoms with Crippen LogP contribution in [0.2, 0.25) is 5.02 Å². The van der Waals surface area contributed by atoms with Gasteiger partial charge in [0.1, 0.15) is 5.69 Å². The molecule has 2 unspecified atom stereocenters. The molecular formula is C21H20ClN3O2. The monoisotopic (exact) mass is 381 g/mol. The molecule has 1 N–H and O–H groups in total. The maximum Gasteiger partial charge on any atom is 0.295 e. The molecule has 2 atom stereocenters. The van der Waals surface area contributed by atoms with Gasteiger partial charge in [0.05, 0.1) is 11.4 Å². The largest absolute Gasteiger partial charge is 0.320 e. The second kappa shape index (κ2) is 6.74. The van der Waals surface area contributed by atoms with Gasteiger partial charge in [-0.2, -0.15) is 0 Å². The van der Waals surface area contributed by atoms with Crippen LogP contribution in [0.1, 0.15) is 23.6 Å². The summed E-state index contributed by atoms with van der Waals surface area (Å²) in [6.45, 7) is 1.83. The third-order valence-electron chi connectivity index (χ3n) is 5.23. The third-order valence-corrected chi connectivity index (χ3v) is 5.58. The van der Waals surface area contributed by atoms with Gasteiger partial charge in [-0.05, 0) is 43.0 Å². The Morgan fingerprint density at radius 1 is 1.11 bits per heavy atom. The van der Waals surface area contributed by atoms with Gasteiger partial charge in [0.15, 0.2) is 0 Å². The van der Waals surface area contributed by atoms with Crippen molar-refractivity contribution in [2.24, 2.45) is 13.0 Å². The van der Waals surface area contributed by atoms with E-state index in [0.717, 1.165) is 17.7 Å². The van der Waals surface area contributed by atoms with E-state index in [4.69, 9.17) is 11.6 Å². The van der Waals surface area contributed by atoms with Gasteiger partial charge in [-0.25, -0.2) is 4.68 Å². The van der Waals surface area contributed by atoms with Crippen LogP contribution in [-0.2, 0) is 11.8 Å². The Morgan fingerprint density at radius 3 is 2.48 bits per heavy atom. The number of amides is 1. The zero-order valence-corrected chi connectivity index (χ0v) is 15.9. The number of anilines is 1. The zero-order chi connectivity index (χ0) is 19.1. The van der Waals surface area contributed by atoms with Crippen LogP contribution < -0.4 is 10.9 Å². The van der Waals surface area contributed by atoms with Gasteiger partial charge in [0.25, 0.3) is 5.56 Å². The lowest BCUT2D eigenvalue weighted by Crippen LogP contribution is -2.23. The van der Waals surface area contributed by atoms with Crippen molar-refractivity contribution < 1.29 is 4.79 Å². The van der Waals surface area contributed by atoms with E-state index in [2.05, 4.69) is 5.32 Å². The molecule has 0 radical (unpaired) electrons. The van der Waals surface area contributed by atoms with E-state index in [1.807, 2.05) is 68.6 Å². The Balaban J connectivity index is 1.58. The van der Waals surface area contributed by atoms with E-state index in [1.54, 1.807) is 9.36 Å². The minimum atomic E-state index is -0.232. The van der Waals surface area contributed by atoms with Crippen LogP contribution in [0.25, 0.3) is 5.69 Å². The lowest BCUT2D eigenvalue weighted by molar-refractivity contribution is -0.117. The molecule has 5 nitrogen and oxygen atoms in total. The topological polar surface area (TPSA) is 56.0 Å². The first-order valence-electron chi connectivity index (χ1n) is 8.88. The minimum absolute atomic E-state index is 0.110. The van der Waals surface area contributed by atoms with Crippen molar-refractivity contribution >= 4 is 23.2 Å². The number of aromatic nitrogens is 2. The van der Waals surface area contributed by atoms with Gasteiger partial charge in [-0.3, -0.25) is 14.3 Å². The number of para-hydroxylation sites is 1. The van der Waals surface area contributed by atoms with Crippen LogP contribution in [-0.4, -0.2) is 15.3 Å². The average molecular weight is 382 g/mol. The molecule has 6 heteroatoms. The number of nitrogens with one attached hydrogen (secondary N) is 1. The number of nitrogens with zero attached hydrogens (tertiary/aromatic N) is 2. The average Bonchev–Trinajstić information content (AvgIpc) is 3.43. The van der Waals surface area contributed by atoms with Crippen molar-refractivity contribution in [2.75, 3.05) is 5.32 Å². The molecule has 0 spiro atoms. The SMILES string of the molecule is Cc1c(NC(=O)C2CC2c2ccccc2Cl)c(=O)n(-c2ccccc2)n1C. The van der Waals surface area contributed by atoms with E-state index in [0.29, 0.717) is 16.4 Å². The van der Waals surface area contributed by atoms with Gasteiger partial charge in [0, 0.05) is 18.0 Å². The van der Waals surface area contributed by atoms with E-state index in [1.165, 1.54) is 0 Å². The molecule has 27 heavy (non-hydrogen) atoms. The Morgan fingerprint density at radius 2 is 1.78 bits per heavy atom. The molecule has 0 bridgehead atoms. The Kier molecular flexibility index (Phi) is 4.40. The molecule has 1 aromatic heterocycles. The minimum Gasteiger partial charge on any atom is -0.320 e. The lowest BCUT2D eigenvalue weighted by atomic mass is 10.1.